The van der Waals surface area contributed by atoms with E-state index in [1.807, 2.05) is 0 Å². The summed E-state index contributed by atoms with van der Waals surface area (Å²) < 4.78 is 10.6. The van der Waals surface area contributed by atoms with Crippen molar-refractivity contribution < 1.29 is 38.7 Å². The van der Waals surface area contributed by atoms with Crippen LogP contribution in [0.15, 0.2) is 66.7 Å². The van der Waals surface area contributed by atoms with E-state index in [4.69, 9.17) is 14.3 Å². The molecule has 0 saturated carbocycles. The van der Waals surface area contributed by atoms with Crippen molar-refractivity contribution in [2.24, 2.45) is 5.92 Å². The molecule has 0 aliphatic carbocycles. The molecule has 2 fully saturated rings. The summed E-state index contributed by atoms with van der Waals surface area (Å²) in [6, 6.07) is 15.4. The Hall–Kier alpha value is -4.97. The van der Waals surface area contributed by atoms with Crippen LogP contribution in [0.5, 0.6) is 11.5 Å². The van der Waals surface area contributed by atoms with E-state index in [-0.39, 0.29) is 34.0 Å². The van der Waals surface area contributed by atoms with Crippen LogP contribution in [0.3, 0.4) is 0 Å². The van der Waals surface area contributed by atoms with Crippen molar-refractivity contribution >= 4 is 34.8 Å². The fourth-order valence-corrected chi connectivity index (χ4v) is 4.82. The number of nitro groups is 1. The predicted molar refractivity (Wildman–Crippen MR) is 132 cm³/mol. The number of benzene rings is 3. The standard InChI is InChI=1S/C26H21N3O9/c1-36-19-12-17(18(29(34)35)13-20(19)37-2)22-21-23(38-28(22)16-6-4-3-5-7-16)25(31)27(24(21)30)15-10-8-14(9-11-15)26(32)33/h3-13,21-23H,1-2H3,(H,32,33)/t21-,22-,23+/m1/s1. The highest BCUT2D eigenvalue weighted by Crippen LogP contribution is 2.51. The van der Waals surface area contributed by atoms with Crippen molar-refractivity contribution in [1.82, 2.24) is 0 Å². The molecule has 2 heterocycles. The molecule has 12 heteroatoms. The lowest BCUT2D eigenvalue weighted by Crippen LogP contribution is -2.37. The third-order valence-electron chi connectivity index (χ3n) is 6.55. The van der Waals surface area contributed by atoms with Gasteiger partial charge >= 0.3 is 5.97 Å². The minimum Gasteiger partial charge on any atom is -0.493 e. The number of anilines is 2. The average molecular weight is 519 g/mol. The second-order valence-electron chi connectivity index (χ2n) is 8.55. The summed E-state index contributed by atoms with van der Waals surface area (Å²) in [5.41, 5.74) is 0.373. The van der Waals surface area contributed by atoms with Crippen molar-refractivity contribution in [2.45, 2.75) is 12.1 Å². The van der Waals surface area contributed by atoms with Crippen LogP contribution >= 0.6 is 0 Å². The third-order valence-corrected chi connectivity index (χ3v) is 6.55. The number of rotatable bonds is 7. The van der Waals surface area contributed by atoms with Crippen molar-refractivity contribution in [3.05, 3.63) is 88.0 Å². The van der Waals surface area contributed by atoms with Gasteiger partial charge in [-0.15, -0.1) is 0 Å². The molecular formula is C26H21N3O9. The minimum atomic E-state index is -1.28. The molecule has 12 nitrogen and oxygen atoms in total. The number of hydroxylamine groups is 1. The maximum atomic E-state index is 13.8. The number of imide groups is 1. The van der Waals surface area contributed by atoms with Gasteiger partial charge in [0.05, 0.1) is 47.7 Å². The highest BCUT2D eigenvalue weighted by molar-refractivity contribution is 6.24. The monoisotopic (exact) mass is 519 g/mol. The number of aromatic carboxylic acids is 1. The maximum absolute atomic E-state index is 13.8. The molecule has 0 radical (unpaired) electrons. The maximum Gasteiger partial charge on any atom is 0.335 e. The van der Waals surface area contributed by atoms with Crippen molar-refractivity contribution in [1.29, 1.82) is 0 Å². The molecule has 0 unspecified atom stereocenters. The number of fused-ring (bicyclic) bond motifs is 1. The molecule has 194 valence electrons. The van der Waals surface area contributed by atoms with Crippen LogP contribution in [0.4, 0.5) is 17.1 Å². The molecule has 2 aliphatic rings. The van der Waals surface area contributed by atoms with Gasteiger partial charge in [-0.25, -0.2) is 14.8 Å². The first kappa shape index (κ1) is 24.7. The first-order valence-electron chi connectivity index (χ1n) is 11.4. The average Bonchev–Trinajstić information content (AvgIpc) is 3.43. The zero-order chi connectivity index (χ0) is 27.1. The molecule has 3 atom stereocenters. The lowest BCUT2D eigenvalue weighted by atomic mass is 9.89. The van der Waals surface area contributed by atoms with Gasteiger partial charge in [-0.3, -0.25) is 24.5 Å². The molecule has 0 spiro atoms. The van der Waals surface area contributed by atoms with E-state index in [2.05, 4.69) is 0 Å². The van der Waals surface area contributed by atoms with Gasteiger partial charge in [-0.1, -0.05) is 18.2 Å². The Bertz CT molecular complexity index is 1440. The molecule has 5 rings (SSSR count). The molecule has 2 saturated heterocycles. The van der Waals surface area contributed by atoms with Crippen LogP contribution < -0.4 is 19.4 Å². The molecular weight excluding hydrogens is 498 g/mol. The zero-order valence-corrected chi connectivity index (χ0v) is 20.1. The van der Waals surface area contributed by atoms with E-state index in [0.717, 1.165) is 4.90 Å². The molecule has 1 N–H and O–H groups in total. The van der Waals surface area contributed by atoms with Crippen molar-refractivity contribution in [2.75, 3.05) is 24.2 Å². The number of carbonyl (C=O) groups excluding carboxylic acids is 2. The lowest BCUT2D eigenvalue weighted by molar-refractivity contribution is -0.385. The van der Waals surface area contributed by atoms with E-state index >= 15 is 0 Å². The Kier molecular flexibility index (Phi) is 6.17. The number of ether oxygens (including phenoxy) is 2. The van der Waals surface area contributed by atoms with Gasteiger partial charge in [0.2, 0.25) is 5.91 Å². The summed E-state index contributed by atoms with van der Waals surface area (Å²) >= 11 is 0. The first-order chi connectivity index (χ1) is 18.3. The van der Waals surface area contributed by atoms with Gasteiger partial charge < -0.3 is 14.6 Å². The first-order valence-corrected chi connectivity index (χ1v) is 11.4. The van der Waals surface area contributed by atoms with Crippen LogP contribution in [0.2, 0.25) is 0 Å². The summed E-state index contributed by atoms with van der Waals surface area (Å²) in [6.45, 7) is 0. The second kappa shape index (κ2) is 9.48. The Labute approximate surface area is 215 Å². The minimum absolute atomic E-state index is 0.0154. The van der Waals surface area contributed by atoms with Gasteiger partial charge in [0, 0.05) is 0 Å². The number of methoxy groups -OCH3 is 2. The van der Waals surface area contributed by atoms with Crippen LogP contribution in [0.25, 0.3) is 0 Å². The highest BCUT2D eigenvalue weighted by Gasteiger charge is 2.61. The fourth-order valence-electron chi connectivity index (χ4n) is 4.82. The molecule has 0 aromatic heterocycles. The fraction of sp³-hybridized carbons (Fsp3) is 0.192. The summed E-state index contributed by atoms with van der Waals surface area (Å²) in [5, 5.41) is 22.7. The number of carboxylic acids is 1. The van der Waals surface area contributed by atoms with Gasteiger partial charge in [0.1, 0.15) is 12.0 Å². The van der Waals surface area contributed by atoms with E-state index in [9.17, 15) is 29.6 Å². The highest BCUT2D eigenvalue weighted by atomic mass is 16.7. The zero-order valence-electron chi connectivity index (χ0n) is 20.1. The largest absolute Gasteiger partial charge is 0.493 e. The lowest BCUT2D eigenvalue weighted by Gasteiger charge is -2.29. The number of hydrogen-bond acceptors (Lipinski definition) is 9. The van der Waals surface area contributed by atoms with E-state index in [1.54, 1.807) is 30.3 Å². The molecule has 2 amide bonds. The molecule has 2 aliphatic heterocycles. The number of carbonyl (C=O) groups is 3. The van der Waals surface area contributed by atoms with Crippen LogP contribution in [0, 0.1) is 16.0 Å². The quantitative estimate of drug-likeness (QED) is 0.280. The molecule has 3 aromatic carbocycles. The number of hydrogen-bond donors (Lipinski definition) is 1. The second-order valence-corrected chi connectivity index (χ2v) is 8.55. The smallest absolute Gasteiger partial charge is 0.335 e. The van der Waals surface area contributed by atoms with Crippen molar-refractivity contribution in [3.63, 3.8) is 0 Å². The van der Waals surface area contributed by atoms with Crippen LogP contribution in [0.1, 0.15) is 22.0 Å². The topological polar surface area (TPSA) is 149 Å². The normalized spacial score (nSPS) is 20.4. The van der Waals surface area contributed by atoms with Gasteiger partial charge in [0.15, 0.2) is 17.6 Å². The third kappa shape index (κ3) is 3.87. The predicted octanol–water partition coefficient (Wildman–Crippen LogP) is 3.36. The number of carboxylic acid groups (broad SMARTS) is 1. The summed E-state index contributed by atoms with van der Waals surface area (Å²) in [4.78, 5) is 57.0. The van der Waals surface area contributed by atoms with Gasteiger partial charge in [-0.2, -0.15) is 0 Å². The number of amides is 2. The number of para-hydroxylation sites is 1. The Morgan fingerprint density at radius 1 is 0.947 bits per heavy atom. The molecule has 0 bridgehead atoms. The number of nitrogens with zero attached hydrogens (tertiary/aromatic N) is 3. The van der Waals surface area contributed by atoms with Crippen LogP contribution in [-0.2, 0) is 14.4 Å². The van der Waals surface area contributed by atoms with E-state index in [1.165, 1.54) is 55.7 Å². The van der Waals surface area contributed by atoms with E-state index in [0.29, 0.717) is 5.69 Å². The molecule has 3 aromatic rings. The molecule has 38 heavy (non-hydrogen) atoms. The number of nitro benzene ring substituents is 1. The van der Waals surface area contributed by atoms with Crippen LogP contribution in [-0.4, -0.2) is 48.1 Å². The van der Waals surface area contributed by atoms with Gasteiger partial charge in [0.25, 0.3) is 11.6 Å². The van der Waals surface area contributed by atoms with Crippen molar-refractivity contribution in [3.8, 4) is 11.5 Å². The Morgan fingerprint density at radius 3 is 2.16 bits per heavy atom. The van der Waals surface area contributed by atoms with E-state index < -0.39 is 40.8 Å². The van der Waals surface area contributed by atoms with Gasteiger partial charge in [-0.05, 0) is 42.5 Å². The SMILES string of the molecule is COc1cc([C@@H]2[C@H]3C(=O)N(c4ccc(C(=O)O)cc4)C(=O)[C@H]3ON2c2ccccc2)c([N+](=O)[O-])cc1OC. The summed E-state index contributed by atoms with van der Waals surface area (Å²) in [5.74, 6) is -3.31. The summed E-state index contributed by atoms with van der Waals surface area (Å²) in [7, 11) is 2.72. The Morgan fingerprint density at radius 2 is 1.58 bits per heavy atom. The summed E-state index contributed by atoms with van der Waals surface area (Å²) in [6.07, 6.45) is -1.28. The Balaban J connectivity index is 1.65.